The zero-order valence-corrected chi connectivity index (χ0v) is 8.29. The van der Waals surface area contributed by atoms with Crippen LogP contribution in [0.5, 0.6) is 0 Å². The first-order valence-electron chi connectivity index (χ1n) is 4.49. The fraction of sp³-hybridized carbons (Fsp3) is 0.400. The number of aromatic amines is 1. The highest BCUT2D eigenvalue weighted by Gasteiger charge is 2.11. The summed E-state index contributed by atoms with van der Waals surface area (Å²) in [5.74, 6) is -0.412. The molecule has 0 amide bonds. The average molecular weight is 195 g/mol. The van der Waals surface area contributed by atoms with Crippen LogP contribution < -0.4 is 5.56 Å². The summed E-state index contributed by atoms with van der Waals surface area (Å²) in [6, 6.07) is 2.82. The third kappa shape index (κ3) is 2.22. The van der Waals surface area contributed by atoms with Gasteiger partial charge in [-0.15, -0.1) is 0 Å². The maximum Gasteiger partial charge on any atom is 0.339 e. The maximum atomic E-state index is 11.3. The number of hydrogen-bond donors (Lipinski definition) is 1. The van der Waals surface area contributed by atoms with Crippen molar-refractivity contribution in [2.75, 3.05) is 7.11 Å². The van der Waals surface area contributed by atoms with Crippen molar-refractivity contribution in [1.29, 1.82) is 0 Å². The molecule has 0 fully saturated rings. The SMILES string of the molecule is CCCc1[nH]c(=O)ccc1C(=O)OC. The van der Waals surface area contributed by atoms with E-state index in [0.717, 1.165) is 6.42 Å². The van der Waals surface area contributed by atoms with Crippen LogP contribution in [0.4, 0.5) is 0 Å². The van der Waals surface area contributed by atoms with Gasteiger partial charge in [0.2, 0.25) is 5.56 Å². The van der Waals surface area contributed by atoms with Gasteiger partial charge in [0.1, 0.15) is 0 Å². The van der Waals surface area contributed by atoms with Crippen LogP contribution in [0.2, 0.25) is 0 Å². The Morgan fingerprint density at radius 1 is 1.50 bits per heavy atom. The number of hydrogen-bond acceptors (Lipinski definition) is 3. The Kier molecular flexibility index (Phi) is 3.45. The van der Waals surface area contributed by atoms with E-state index in [0.29, 0.717) is 17.7 Å². The molecule has 0 aliphatic heterocycles. The van der Waals surface area contributed by atoms with Crippen molar-refractivity contribution < 1.29 is 9.53 Å². The summed E-state index contributed by atoms with van der Waals surface area (Å²) in [4.78, 5) is 24.9. The van der Waals surface area contributed by atoms with E-state index in [1.807, 2.05) is 6.92 Å². The quantitative estimate of drug-likeness (QED) is 0.735. The van der Waals surface area contributed by atoms with Gasteiger partial charge >= 0.3 is 5.97 Å². The predicted molar refractivity (Wildman–Crippen MR) is 52.4 cm³/mol. The van der Waals surface area contributed by atoms with Crippen LogP contribution in [0.3, 0.4) is 0 Å². The van der Waals surface area contributed by atoms with E-state index in [4.69, 9.17) is 0 Å². The Labute approximate surface area is 81.9 Å². The lowest BCUT2D eigenvalue weighted by Gasteiger charge is -2.05. The molecule has 1 heterocycles. The van der Waals surface area contributed by atoms with Gasteiger partial charge in [0.25, 0.3) is 0 Å². The van der Waals surface area contributed by atoms with Gasteiger partial charge in [-0.25, -0.2) is 4.79 Å². The molecule has 14 heavy (non-hydrogen) atoms. The number of nitrogens with one attached hydrogen (secondary N) is 1. The Bertz CT molecular complexity index is 381. The van der Waals surface area contributed by atoms with E-state index in [9.17, 15) is 9.59 Å². The summed E-state index contributed by atoms with van der Waals surface area (Å²) in [5, 5.41) is 0. The molecule has 0 bridgehead atoms. The number of methoxy groups -OCH3 is 1. The molecule has 0 atom stereocenters. The van der Waals surface area contributed by atoms with Crippen LogP contribution in [-0.4, -0.2) is 18.1 Å². The first-order valence-corrected chi connectivity index (χ1v) is 4.49. The monoisotopic (exact) mass is 195 g/mol. The lowest BCUT2D eigenvalue weighted by molar-refractivity contribution is 0.0599. The van der Waals surface area contributed by atoms with Crippen LogP contribution in [0.15, 0.2) is 16.9 Å². The van der Waals surface area contributed by atoms with Crippen molar-refractivity contribution in [3.05, 3.63) is 33.7 Å². The predicted octanol–water partition coefficient (Wildman–Crippen LogP) is 1.11. The lowest BCUT2D eigenvalue weighted by atomic mass is 10.1. The molecule has 1 N–H and O–H groups in total. The second-order valence-corrected chi connectivity index (χ2v) is 2.96. The third-order valence-corrected chi connectivity index (χ3v) is 1.91. The van der Waals surface area contributed by atoms with Crippen LogP contribution in [0, 0.1) is 0 Å². The van der Waals surface area contributed by atoms with Crippen molar-refractivity contribution in [1.82, 2.24) is 4.98 Å². The lowest BCUT2D eigenvalue weighted by Crippen LogP contribution is -2.14. The molecule has 4 heteroatoms. The number of carbonyl (C=O) groups is 1. The molecule has 0 aliphatic rings. The number of H-pyrrole nitrogens is 1. The fourth-order valence-corrected chi connectivity index (χ4v) is 1.27. The first kappa shape index (κ1) is 10.5. The molecule has 0 unspecified atom stereocenters. The number of esters is 1. The third-order valence-electron chi connectivity index (χ3n) is 1.91. The van der Waals surface area contributed by atoms with E-state index in [1.165, 1.54) is 19.2 Å². The Hall–Kier alpha value is -1.58. The smallest absolute Gasteiger partial charge is 0.339 e. The van der Waals surface area contributed by atoms with E-state index in [2.05, 4.69) is 9.72 Å². The molecule has 0 radical (unpaired) electrons. The average Bonchev–Trinajstić information content (AvgIpc) is 2.17. The van der Waals surface area contributed by atoms with E-state index in [1.54, 1.807) is 0 Å². The second-order valence-electron chi connectivity index (χ2n) is 2.96. The zero-order chi connectivity index (χ0) is 10.6. The number of carbonyl (C=O) groups excluding carboxylic acids is 1. The van der Waals surface area contributed by atoms with Gasteiger partial charge in [-0.1, -0.05) is 13.3 Å². The second kappa shape index (κ2) is 4.60. The van der Waals surface area contributed by atoms with Gasteiger partial charge in [0.05, 0.1) is 12.7 Å². The largest absolute Gasteiger partial charge is 0.465 e. The highest BCUT2D eigenvalue weighted by atomic mass is 16.5. The number of aryl methyl sites for hydroxylation is 1. The van der Waals surface area contributed by atoms with Crippen molar-refractivity contribution in [2.45, 2.75) is 19.8 Å². The van der Waals surface area contributed by atoms with Crippen molar-refractivity contribution in [3.8, 4) is 0 Å². The standard InChI is InChI=1S/C10H13NO3/c1-3-4-8-7(10(13)14-2)5-6-9(12)11-8/h5-6H,3-4H2,1-2H3,(H,11,12). The van der Waals surface area contributed by atoms with E-state index >= 15 is 0 Å². The molecule has 1 aromatic rings. The van der Waals surface area contributed by atoms with E-state index in [-0.39, 0.29) is 5.56 Å². The van der Waals surface area contributed by atoms with Crippen molar-refractivity contribution >= 4 is 5.97 Å². The zero-order valence-electron chi connectivity index (χ0n) is 8.29. The molecular formula is C10H13NO3. The summed E-state index contributed by atoms with van der Waals surface area (Å²) in [7, 11) is 1.32. The van der Waals surface area contributed by atoms with Gasteiger partial charge in [-0.05, 0) is 12.5 Å². The summed E-state index contributed by atoms with van der Waals surface area (Å²) in [6.07, 6.45) is 1.53. The molecule has 4 nitrogen and oxygen atoms in total. The summed E-state index contributed by atoms with van der Waals surface area (Å²) < 4.78 is 4.60. The van der Waals surface area contributed by atoms with Gasteiger partial charge in [-0.2, -0.15) is 0 Å². The minimum atomic E-state index is -0.412. The molecule has 0 saturated carbocycles. The Morgan fingerprint density at radius 3 is 2.79 bits per heavy atom. The Morgan fingerprint density at radius 2 is 2.21 bits per heavy atom. The molecule has 76 valence electrons. The van der Waals surface area contributed by atoms with Crippen LogP contribution in [0.1, 0.15) is 29.4 Å². The summed E-state index contributed by atoms with van der Waals surface area (Å²) >= 11 is 0. The maximum absolute atomic E-state index is 11.3. The van der Waals surface area contributed by atoms with Gasteiger partial charge in [0.15, 0.2) is 0 Å². The van der Waals surface area contributed by atoms with Gasteiger partial charge in [0, 0.05) is 11.8 Å². The molecular weight excluding hydrogens is 182 g/mol. The van der Waals surface area contributed by atoms with Gasteiger partial charge in [-0.3, -0.25) is 4.79 Å². The van der Waals surface area contributed by atoms with Crippen LogP contribution in [-0.2, 0) is 11.2 Å². The number of pyridine rings is 1. The normalized spacial score (nSPS) is 9.86. The molecule has 0 aliphatic carbocycles. The number of aromatic nitrogens is 1. The highest BCUT2D eigenvalue weighted by Crippen LogP contribution is 2.07. The summed E-state index contributed by atoms with van der Waals surface area (Å²) in [5.41, 5.74) is 0.891. The van der Waals surface area contributed by atoms with Crippen molar-refractivity contribution in [3.63, 3.8) is 0 Å². The van der Waals surface area contributed by atoms with E-state index < -0.39 is 5.97 Å². The van der Waals surface area contributed by atoms with Crippen LogP contribution in [0.25, 0.3) is 0 Å². The number of rotatable bonds is 3. The van der Waals surface area contributed by atoms with Crippen LogP contribution >= 0.6 is 0 Å². The minimum absolute atomic E-state index is 0.193. The molecule has 0 spiro atoms. The minimum Gasteiger partial charge on any atom is -0.465 e. The Balaban J connectivity index is 3.14. The fourth-order valence-electron chi connectivity index (χ4n) is 1.27. The highest BCUT2D eigenvalue weighted by molar-refractivity contribution is 5.90. The molecule has 0 aromatic carbocycles. The summed E-state index contributed by atoms with van der Waals surface area (Å²) in [6.45, 7) is 1.98. The molecule has 1 aromatic heterocycles. The van der Waals surface area contributed by atoms with Crippen molar-refractivity contribution in [2.24, 2.45) is 0 Å². The molecule has 0 saturated heterocycles. The topological polar surface area (TPSA) is 59.2 Å². The first-order chi connectivity index (χ1) is 6.69. The molecule has 1 rings (SSSR count). The number of ether oxygens (including phenoxy) is 1. The van der Waals surface area contributed by atoms with Gasteiger partial charge < -0.3 is 9.72 Å².